The molecule has 11 nitrogen and oxygen atoms in total. The summed E-state index contributed by atoms with van der Waals surface area (Å²) in [5.74, 6) is 3.07. The highest BCUT2D eigenvalue weighted by Crippen LogP contribution is 2.42. The molecule has 2 aliphatic heterocycles. The van der Waals surface area contributed by atoms with Crippen molar-refractivity contribution in [3.63, 3.8) is 0 Å². The van der Waals surface area contributed by atoms with Crippen LogP contribution in [0.1, 0.15) is 118 Å². The Morgan fingerprint density at radius 3 is 1.46 bits per heavy atom. The number of anilines is 1. The number of rotatable bonds is 9. The fraction of sp³-hybridized carbons (Fsp3) is 0.509. The Hall–Kier alpha value is -5.30. The number of likely N-dealkylation sites (tertiary alicyclic amines) is 2. The van der Waals surface area contributed by atoms with Crippen LogP contribution >= 0.6 is 11.3 Å². The van der Waals surface area contributed by atoms with E-state index in [-0.39, 0.29) is 54.9 Å². The maximum absolute atomic E-state index is 11.4. The van der Waals surface area contributed by atoms with Gasteiger partial charge in [-0.15, -0.1) is 11.3 Å². The van der Waals surface area contributed by atoms with Crippen molar-refractivity contribution in [2.24, 2.45) is 10.8 Å². The minimum absolute atomic E-state index is 0. The highest BCUT2D eigenvalue weighted by atomic mass is 32.1. The van der Waals surface area contributed by atoms with E-state index in [4.69, 9.17) is 28.9 Å². The van der Waals surface area contributed by atoms with Gasteiger partial charge < -0.3 is 24.3 Å². The molecule has 6 aromatic rings. The first-order chi connectivity index (χ1) is 31.4. The normalized spacial score (nSPS) is 19.0. The first-order valence-electron chi connectivity index (χ1n) is 23.5. The Labute approximate surface area is 417 Å². The van der Waals surface area contributed by atoms with Gasteiger partial charge in [-0.2, -0.15) is 0 Å². The second-order valence-electron chi connectivity index (χ2n) is 22.2. The van der Waals surface area contributed by atoms with Gasteiger partial charge in [0.1, 0.15) is 40.9 Å². The van der Waals surface area contributed by atoms with Crippen LogP contribution in [0.2, 0.25) is 0 Å². The molecule has 374 valence electrons. The van der Waals surface area contributed by atoms with Crippen LogP contribution in [-0.2, 0) is 4.79 Å². The lowest BCUT2D eigenvalue weighted by molar-refractivity contribution is -0.114. The molecule has 2 aliphatic rings. The van der Waals surface area contributed by atoms with E-state index in [1.807, 2.05) is 60.0 Å². The van der Waals surface area contributed by atoms with E-state index in [1.54, 1.807) is 14.2 Å². The Morgan fingerprint density at radius 1 is 0.609 bits per heavy atom. The van der Waals surface area contributed by atoms with Crippen molar-refractivity contribution >= 4 is 44.2 Å². The van der Waals surface area contributed by atoms with Gasteiger partial charge in [0.05, 0.1) is 36.6 Å². The van der Waals surface area contributed by atoms with Crippen LogP contribution in [0, 0.1) is 10.8 Å². The molecule has 5 heterocycles. The monoisotopic (exact) mass is 961 g/mol. The van der Waals surface area contributed by atoms with Crippen molar-refractivity contribution < 1.29 is 23.7 Å². The highest BCUT2D eigenvalue weighted by molar-refractivity contribution is 7.14. The number of thiazole rings is 1. The van der Waals surface area contributed by atoms with Crippen LogP contribution in [0.15, 0.2) is 84.2 Å². The van der Waals surface area contributed by atoms with E-state index in [0.717, 1.165) is 82.0 Å². The summed E-state index contributed by atoms with van der Waals surface area (Å²) in [6.45, 7) is 30.9. The number of carbonyl (C=O) groups excluding carboxylic acids is 1. The predicted molar refractivity (Wildman–Crippen MR) is 288 cm³/mol. The number of fused-ring (bicyclic) bond motifs is 2. The number of aromatic nitrogens is 3. The molecule has 2 fully saturated rings. The van der Waals surface area contributed by atoms with Crippen molar-refractivity contribution in [1.82, 2.24) is 24.8 Å². The molecule has 8 rings (SSSR count). The van der Waals surface area contributed by atoms with Crippen LogP contribution in [0.4, 0.5) is 5.13 Å². The molecule has 0 bridgehead atoms. The maximum Gasteiger partial charge on any atom is 0.223 e. The topological polar surface area (TPSA) is 111 Å². The van der Waals surface area contributed by atoms with Gasteiger partial charge in [0.15, 0.2) is 5.13 Å². The Kier molecular flexibility index (Phi) is 16.9. The predicted octanol–water partition coefficient (Wildman–Crippen LogP) is 13.8. The molecule has 4 unspecified atom stereocenters. The van der Waals surface area contributed by atoms with Crippen molar-refractivity contribution in [3.05, 3.63) is 84.2 Å². The zero-order chi connectivity index (χ0) is 48.6. The summed E-state index contributed by atoms with van der Waals surface area (Å²) in [5, 5.41) is 7.15. The van der Waals surface area contributed by atoms with Crippen LogP contribution in [0.5, 0.6) is 23.0 Å². The van der Waals surface area contributed by atoms with E-state index in [2.05, 4.69) is 127 Å². The average Bonchev–Trinajstić information content (AvgIpc) is 4.03. The molecular formula is C57H80N6O5S. The number of nitrogens with zero attached hydrogens (tertiary/aromatic N) is 5. The lowest BCUT2D eigenvalue weighted by atomic mass is 9.83. The molecule has 69 heavy (non-hydrogen) atoms. The quantitative estimate of drug-likeness (QED) is 0.150. The minimum Gasteiger partial charge on any atom is -0.497 e. The fourth-order valence-electron chi connectivity index (χ4n) is 9.54. The molecule has 2 saturated heterocycles. The minimum atomic E-state index is -0.149. The summed E-state index contributed by atoms with van der Waals surface area (Å²) in [6.07, 6.45) is 2.17. The smallest absolute Gasteiger partial charge is 0.223 e. The van der Waals surface area contributed by atoms with Gasteiger partial charge in [-0.1, -0.05) is 86.7 Å². The van der Waals surface area contributed by atoms with Gasteiger partial charge in [-0.3, -0.25) is 14.6 Å². The van der Waals surface area contributed by atoms with Gasteiger partial charge in [0.2, 0.25) is 5.91 Å². The van der Waals surface area contributed by atoms with Gasteiger partial charge >= 0.3 is 0 Å². The van der Waals surface area contributed by atoms with Crippen LogP contribution in [0.3, 0.4) is 0 Å². The van der Waals surface area contributed by atoms with E-state index >= 15 is 0 Å². The number of pyridine rings is 2. The molecule has 4 atom stereocenters. The summed E-state index contributed by atoms with van der Waals surface area (Å²) in [4.78, 5) is 31.0. The van der Waals surface area contributed by atoms with E-state index < -0.39 is 0 Å². The summed E-state index contributed by atoms with van der Waals surface area (Å²) in [7, 11) is 3.33. The standard InChI is InChI=1S/C28H36N2O2.C27H36N4O3S.2CH4/c1-27(2,3)26-16-21(18-30(26)28(4,5)6)32-25-17-23(19-11-9-8-10-12-19)29-24-15-20(31-7)13-14-22(24)25;1-16(32)28-25-30-22(15-35-25)21-13-23(19-10-9-17(33-8)11-20(19)29-21)34-18-12-24(26(2,3)4)31(14-18)27(5,6)7;;/h8-15,17,21,26H,16,18H2,1-7H3;9-11,13,15,18,24H,12,14H2,1-8H3,(H,28,30,32);2*1H4. The molecule has 1 N–H and O–H groups in total. The van der Waals surface area contributed by atoms with Gasteiger partial charge in [-0.05, 0) is 76.6 Å². The van der Waals surface area contributed by atoms with Crippen LogP contribution in [-0.4, -0.2) is 93.3 Å². The number of ether oxygens (including phenoxy) is 4. The zero-order valence-electron chi connectivity index (χ0n) is 42.4. The van der Waals surface area contributed by atoms with E-state index in [0.29, 0.717) is 28.6 Å². The molecule has 0 radical (unpaired) electrons. The number of amides is 1. The molecule has 1 amide bonds. The Balaban J connectivity index is 0.000000251. The number of hydrogen-bond acceptors (Lipinski definition) is 11. The first kappa shape index (κ1) is 54.6. The van der Waals surface area contributed by atoms with Gasteiger partial charge in [0, 0.05) is 102 Å². The number of carbonyl (C=O) groups is 1. The SMILES string of the molecule is C.C.COc1ccc2c(OC3CC(C(C)(C)C)N(C(C)(C)C)C3)cc(-c3ccccc3)nc2c1.COc1ccc2c(OC3CC(C(C)(C)C)N(C(C)(C)C)C3)cc(-c3csc(NC(C)=O)n3)nc2c1. The number of hydrogen-bond donors (Lipinski definition) is 1. The second-order valence-corrected chi connectivity index (χ2v) is 23.1. The largest absolute Gasteiger partial charge is 0.497 e. The number of nitrogens with one attached hydrogen (secondary N) is 1. The zero-order valence-corrected chi connectivity index (χ0v) is 43.2. The Bertz CT molecular complexity index is 2630. The summed E-state index contributed by atoms with van der Waals surface area (Å²) < 4.78 is 24.4. The Morgan fingerprint density at radius 2 is 1.06 bits per heavy atom. The third-order valence-corrected chi connectivity index (χ3v) is 13.7. The van der Waals surface area contributed by atoms with Gasteiger partial charge in [-0.25, -0.2) is 15.0 Å². The van der Waals surface area contributed by atoms with Crippen molar-refractivity contribution in [2.75, 3.05) is 32.6 Å². The summed E-state index contributed by atoms with van der Waals surface area (Å²) in [5.41, 5.74) is 5.54. The average molecular weight is 961 g/mol. The number of benzene rings is 3. The summed E-state index contributed by atoms with van der Waals surface area (Å²) >= 11 is 1.38. The highest BCUT2D eigenvalue weighted by Gasteiger charge is 2.46. The molecule has 12 heteroatoms. The molecule has 3 aromatic carbocycles. The van der Waals surface area contributed by atoms with E-state index in [9.17, 15) is 4.79 Å². The molecule has 0 spiro atoms. The van der Waals surface area contributed by atoms with Crippen LogP contribution < -0.4 is 24.3 Å². The molecule has 0 saturated carbocycles. The third-order valence-electron chi connectivity index (χ3n) is 12.9. The van der Waals surface area contributed by atoms with Gasteiger partial charge in [0.25, 0.3) is 0 Å². The first-order valence-corrected chi connectivity index (χ1v) is 24.4. The lowest BCUT2D eigenvalue weighted by Gasteiger charge is -2.42. The third kappa shape index (κ3) is 12.9. The molecular weight excluding hydrogens is 881 g/mol. The van der Waals surface area contributed by atoms with Crippen molar-refractivity contribution in [1.29, 1.82) is 0 Å². The fourth-order valence-corrected chi connectivity index (χ4v) is 10.3. The lowest BCUT2D eigenvalue weighted by Crippen LogP contribution is -2.49. The van der Waals surface area contributed by atoms with E-state index in [1.165, 1.54) is 18.3 Å². The second kappa shape index (κ2) is 21.4. The molecule has 0 aliphatic carbocycles. The maximum atomic E-state index is 11.4. The van der Waals surface area contributed by atoms with Crippen molar-refractivity contribution in [2.45, 2.75) is 153 Å². The molecule has 3 aromatic heterocycles. The summed E-state index contributed by atoms with van der Waals surface area (Å²) in [6, 6.07) is 27.1. The van der Waals surface area contributed by atoms with Crippen LogP contribution in [0.25, 0.3) is 44.5 Å². The van der Waals surface area contributed by atoms with Crippen molar-refractivity contribution in [3.8, 4) is 45.6 Å². The number of methoxy groups -OCH3 is 2.